The van der Waals surface area contributed by atoms with Crippen LogP contribution in [0.25, 0.3) is 0 Å². The molecule has 0 fully saturated rings. The van der Waals surface area contributed by atoms with Gasteiger partial charge in [-0.1, -0.05) is 19.4 Å². The fourth-order valence-electron chi connectivity index (χ4n) is 2.73. The molecule has 28 heavy (non-hydrogen) atoms. The first-order valence-corrected chi connectivity index (χ1v) is 9.38. The number of amides is 2. The summed E-state index contributed by atoms with van der Waals surface area (Å²) in [5.41, 5.74) is 0.0173. The van der Waals surface area contributed by atoms with E-state index in [0.717, 1.165) is 18.6 Å². The third kappa shape index (κ3) is 5.07. The normalized spacial score (nSPS) is 14.2. The first-order chi connectivity index (χ1) is 13.5. The van der Waals surface area contributed by atoms with Gasteiger partial charge < -0.3 is 30.0 Å². The lowest BCUT2D eigenvalue weighted by atomic mass is 9.95. The summed E-state index contributed by atoms with van der Waals surface area (Å²) in [4.78, 5) is 12.2. The van der Waals surface area contributed by atoms with Crippen molar-refractivity contribution in [3.63, 3.8) is 0 Å². The van der Waals surface area contributed by atoms with Gasteiger partial charge in [0.05, 0.1) is 13.2 Å². The SMILES string of the molecule is CCCCOc1ccc(NC(=O)NC[C@@](C)(O)c2ccc3c(c2)OCO3)cc1. The second kappa shape index (κ2) is 8.84. The zero-order chi connectivity index (χ0) is 20.0. The van der Waals surface area contributed by atoms with Crippen LogP contribution >= 0.6 is 0 Å². The standard InChI is InChI=1S/C21H26N2O5/c1-3-4-11-26-17-8-6-16(7-9-17)23-20(24)22-13-21(2,25)15-5-10-18-19(12-15)28-14-27-18/h5-10,12,25H,3-4,11,13-14H2,1-2H3,(H2,22,23,24)/t21-/m1/s1. The predicted octanol–water partition coefficient (Wildman–Crippen LogP) is 3.62. The Morgan fingerprint density at radius 3 is 2.68 bits per heavy atom. The summed E-state index contributed by atoms with van der Waals surface area (Å²) in [5, 5.41) is 16.1. The average molecular weight is 386 g/mol. The molecule has 0 radical (unpaired) electrons. The highest BCUT2D eigenvalue weighted by Crippen LogP contribution is 2.35. The molecule has 7 nitrogen and oxygen atoms in total. The fourth-order valence-corrected chi connectivity index (χ4v) is 2.73. The molecule has 0 spiro atoms. The highest BCUT2D eigenvalue weighted by atomic mass is 16.7. The van der Waals surface area contributed by atoms with Crippen molar-refractivity contribution in [1.82, 2.24) is 5.32 Å². The van der Waals surface area contributed by atoms with Gasteiger partial charge in [0.2, 0.25) is 6.79 Å². The van der Waals surface area contributed by atoms with Gasteiger partial charge in [-0.05, 0) is 55.3 Å². The minimum Gasteiger partial charge on any atom is -0.494 e. The van der Waals surface area contributed by atoms with Gasteiger partial charge in [0, 0.05) is 5.69 Å². The first kappa shape index (κ1) is 19.8. The number of carbonyl (C=O) groups excluding carboxylic acids is 1. The van der Waals surface area contributed by atoms with Crippen LogP contribution in [-0.2, 0) is 5.60 Å². The summed E-state index contributed by atoms with van der Waals surface area (Å²) in [5.74, 6) is 2.00. The van der Waals surface area contributed by atoms with E-state index in [4.69, 9.17) is 14.2 Å². The summed E-state index contributed by atoms with van der Waals surface area (Å²) < 4.78 is 16.2. The maximum Gasteiger partial charge on any atom is 0.319 e. The number of hydrogen-bond donors (Lipinski definition) is 3. The van der Waals surface area contributed by atoms with Gasteiger partial charge in [-0.25, -0.2) is 4.79 Å². The van der Waals surface area contributed by atoms with Crippen molar-refractivity contribution < 1.29 is 24.1 Å². The van der Waals surface area contributed by atoms with Gasteiger partial charge in [0.25, 0.3) is 0 Å². The number of hydrogen-bond acceptors (Lipinski definition) is 5. The Labute approximate surface area is 164 Å². The summed E-state index contributed by atoms with van der Waals surface area (Å²) in [6.07, 6.45) is 2.08. The highest BCUT2D eigenvalue weighted by Gasteiger charge is 2.26. The van der Waals surface area contributed by atoms with Gasteiger partial charge in [-0.15, -0.1) is 0 Å². The molecule has 2 aromatic rings. The van der Waals surface area contributed by atoms with Crippen LogP contribution in [0, 0.1) is 0 Å². The molecule has 0 aromatic heterocycles. The maximum absolute atomic E-state index is 12.2. The number of fused-ring (bicyclic) bond motifs is 1. The van der Waals surface area contributed by atoms with E-state index < -0.39 is 11.6 Å². The zero-order valence-corrected chi connectivity index (χ0v) is 16.2. The van der Waals surface area contributed by atoms with E-state index in [2.05, 4.69) is 17.6 Å². The lowest BCUT2D eigenvalue weighted by Gasteiger charge is -2.24. The molecule has 2 amide bonds. The van der Waals surface area contributed by atoms with Crippen LogP contribution < -0.4 is 24.8 Å². The van der Waals surface area contributed by atoms with Crippen LogP contribution in [0.1, 0.15) is 32.3 Å². The third-order valence-electron chi connectivity index (χ3n) is 4.47. The van der Waals surface area contributed by atoms with Crippen molar-refractivity contribution in [2.45, 2.75) is 32.3 Å². The molecule has 0 bridgehead atoms. The molecule has 2 aromatic carbocycles. The van der Waals surface area contributed by atoms with Crippen molar-refractivity contribution in [3.8, 4) is 17.2 Å². The first-order valence-electron chi connectivity index (χ1n) is 9.38. The number of carbonyl (C=O) groups is 1. The molecule has 0 saturated heterocycles. The molecular formula is C21H26N2O5. The number of rotatable bonds is 8. The molecule has 1 heterocycles. The van der Waals surface area contributed by atoms with Crippen LogP contribution in [0.3, 0.4) is 0 Å². The Hall–Kier alpha value is -2.93. The summed E-state index contributed by atoms with van der Waals surface area (Å²) in [6.45, 7) is 4.63. The van der Waals surface area contributed by atoms with E-state index in [1.54, 1.807) is 37.3 Å². The lowest BCUT2D eigenvalue weighted by molar-refractivity contribution is 0.0597. The van der Waals surface area contributed by atoms with Gasteiger partial charge in [-0.3, -0.25) is 0 Å². The van der Waals surface area contributed by atoms with Crippen LogP contribution in [0.5, 0.6) is 17.2 Å². The molecule has 0 aliphatic carbocycles. The van der Waals surface area contributed by atoms with E-state index in [1.165, 1.54) is 0 Å². The summed E-state index contributed by atoms with van der Waals surface area (Å²) >= 11 is 0. The van der Waals surface area contributed by atoms with Crippen molar-refractivity contribution >= 4 is 11.7 Å². The average Bonchev–Trinajstić information content (AvgIpc) is 3.16. The van der Waals surface area contributed by atoms with Crippen molar-refractivity contribution in [3.05, 3.63) is 48.0 Å². The van der Waals surface area contributed by atoms with Gasteiger partial charge >= 0.3 is 6.03 Å². The summed E-state index contributed by atoms with van der Waals surface area (Å²) in [6, 6.07) is 12.0. The van der Waals surface area contributed by atoms with Crippen LogP contribution in [0.15, 0.2) is 42.5 Å². The van der Waals surface area contributed by atoms with Crippen molar-refractivity contribution in [1.29, 1.82) is 0 Å². The van der Waals surface area contributed by atoms with E-state index in [9.17, 15) is 9.90 Å². The number of benzene rings is 2. The molecular weight excluding hydrogens is 360 g/mol. The third-order valence-corrected chi connectivity index (χ3v) is 4.47. The number of ether oxygens (including phenoxy) is 3. The number of aliphatic hydroxyl groups is 1. The minimum atomic E-state index is -1.25. The molecule has 1 aliphatic heterocycles. The van der Waals surface area contributed by atoms with E-state index >= 15 is 0 Å². The molecule has 1 atom stereocenters. The van der Waals surface area contributed by atoms with Crippen molar-refractivity contribution in [2.24, 2.45) is 0 Å². The molecule has 0 saturated carbocycles. The second-order valence-electron chi connectivity index (χ2n) is 6.88. The van der Waals surface area contributed by atoms with E-state index in [0.29, 0.717) is 29.4 Å². The number of nitrogens with one attached hydrogen (secondary N) is 2. The number of unbranched alkanes of at least 4 members (excludes halogenated alkanes) is 1. The highest BCUT2D eigenvalue weighted by molar-refractivity contribution is 5.89. The molecule has 3 rings (SSSR count). The Morgan fingerprint density at radius 1 is 1.18 bits per heavy atom. The summed E-state index contributed by atoms with van der Waals surface area (Å²) in [7, 11) is 0. The van der Waals surface area contributed by atoms with E-state index in [-0.39, 0.29) is 13.3 Å². The molecule has 1 aliphatic rings. The number of anilines is 1. The van der Waals surface area contributed by atoms with E-state index in [1.807, 2.05) is 12.1 Å². The molecule has 150 valence electrons. The Balaban J connectivity index is 1.50. The molecule has 7 heteroatoms. The van der Waals surface area contributed by atoms with Crippen LogP contribution in [0.4, 0.5) is 10.5 Å². The van der Waals surface area contributed by atoms with Crippen LogP contribution in [0.2, 0.25) is 0 Å². The second-order valence-corrected chi connectivity index (χ2v) is 6.88. The van der Waals surface area contributed by atoms with Crippen LogP contribution in [-0.4, -0.2) is 31.1 Å². The van der Waals surface area contributed by atoms with Crippen molar-refractivity contribution in [2.75, 3.05) is 25.3 Å². The fraction of sp³-hybridized carbons (Fsp3) is 0.381. The number of urea groups is 1. The zero-order valence-electron chi connectivity index (χ0n) is 16.2. The molecule has 3 N–H and O–H groups in total. The predicted molar refractivity (Wildman–Crippen MR) is 106 cm³/mol. The Kier molecular flexibility index (Phi) is 6.26. The topological polar surface area (TPSA) is 89.1 Å². The largest absolute Gasteiger partial charge is 0.494 e. The lowest BCUT2D eigenvalue weighted by Crippen LogP contribution is -2.40. The quantitative estimate of drug-likeness (QED) is 0.603. The monoisotopic (exact) mass is 386 g/mol. The smallest absolute Gasteiger partial charge is 0.319 e. The van der Waals surface area contributed by atoms with Gasteiger partial charge in [0.15, 0.2) is 11.5 Å². The van der Waals surface area contributed by atoms with Gasteiger partial charge in [-0.2, -0.15) is 0 Å². The Bertz CT molecular complexity index is 805. The Morgan fingerprint density at radius 2 is 1.93 bits per heavy atom. The minimum absolute atomic E-state index is 0.0384. The molecule has 0 unspecified atom stereocenters. The maximum atomic E-state index is 12.2. The van der Waals surface area contributed by atoms with Gasteiger partial charge in [0.1, 0.15) is 11.4 Å².